The summed E-state index contributed by atoms with van der Waals surface area (Å²) >= 11 is 0. The van der Waals surface area contributed by atoms with Gasteiger partial charge < -0.3 is 34.8 Å². The summed E-state index contributed by atoms with van der Waals surface area (Å²) in [5.41, 5.74) is 6.37. The molecule has 15 fully saturated rings. The van der Waals surface area contributed by atoms with Crippen molar-refractivity contribution < 1.29 is 34.5 Å². The Labute approximate surface area is 750 Å². The predicted octanol–water partition coefficient (Wildman–Crippen LogP) is 25.0. The van der Waals surface area contributed by atoms with Crippen LogP contribution in [0.15, 0.2) is 85.3 Å². The van der Waals surface area contributed by atoms with Gasteiger partial charge in [-0.1, -0.05) is 110 Å². The lowest BCUT2D eigenvalue weighted by molar-refractivity contribution is -0.230. The van der Waals surface area contributed by atoms with Crippen LogP contribution in [0.4, 0.5) is 29.2 Å². The van der Waals surface area contributed by atoms with Crippen LogP contribution in [-0.4, -0.2) is 106 Å². The van der Waals surface area contributed by atoms with Crippen molar-refractivity contribution in [2.75, 3.05) is 34.3 Å². The molecule has 3 aromatic heterocycles. The Hall–Kier alpha value is -7.34. The third kappa shape index (κ3) is 13.4. The van der Waals surface area contributed by atoms with Crippen LogP contribution < -0.4 is 14.7 Å². The number of fused-ring (bicyclic) bond motifs is 21. The molecule has 0 radical (unpaired) electrons. The minimum absolute atomic E-state index is 0.0541. The van der Waals surface area contributed by atoms with Crippen molar-refractivity contribution in [3.05, 3.63) is 114 Å². The third-order valence-electron chi connectivity index (χ3n) is 43.1. The summed E-state index contributed by atoms with van der Waals surface area (Å²) in [5, 5.41) is 30.5. The van der Waals surface area contributed by atoms with Crippen LogP contribution in [0.2, 0.25) is 0 Å². The molecule has 0 unspecified atom stereocenters. The fourth-order valence-electron chi connectivity index (χ4n) is 36.2. The van der Waals surface area contributed by atoms with Crippen LogP contribution in [0.1, 0.15) is 329 Å². The molecule has 680 valence electrons. The molecule has 0 amide bonds. The number of nitrogens with zero attached hydrogens (tertiary/aromatic N) is 11. The van der Waals surface area contributed by atoms with E-state index in [9.17, 15) is 34.5 Å². The second kappa shape index (κ2) is 31.8. The quantitative estimate of drug-likeness (QED) is 0.0975. The number of hydrogen-bond acceptors (Lipinski definition) is 13. The van der Waals surface area contributed by atoms with E-state index in [1.54, 1.807) is 24.8 Å². The molecule has 18 rings (SSSR count). The number of anilines is 3. The average molecular weight is 1710 g/mol. The van der Waals surface area contributed by atoms with Gasteiger partial charge in [0.05, 0.1) is 29.5 Å². The highest BCUT2D eigenvalue weighted by molar-refractivity contribution is 5.87. The topological polar surface area (TPSA) is 225 Å². The number of aliphatic carboxylic acids is 2. The van der Waals surface area contributed by atoms with E-state index in [0.29, 0.717) is 94.3 Å². The van der Waals surface area contributed by atoms with Gasteiger partial charge in [0.1, 0.15) is 6.29 Å². The van der Waals surface area contributed by atoms with E-state index >= 15 is 0 Å². The molecule has 15 aliphatic rings. The molecule has 0 spiro atoms. The number of rotatable bonds is 10. The van der Waals surface area contributed by atoms with E-state index in [1.165, 1.54) is 98.8 Å². The summed E-state index contributed by atoms with van der Waals surface area (Å²) in [6.07, 6.45) is 42.3. The summed E-state index contributed by atoms with van der Waals surface area (Å²) in [7, 11) is 0. The largest absolute Gasteiger partial charge is 0.481 e. The number of piperidine rings is 3. The van der Waals surface area contributed by atoms with Gasteiger partial charge in [0.2, 0.25) is 29.2 Å². The molecule has 18 heteroatoms. The molecule has 3 N–H and O–H groups in total. The minimum atomic E-state index is -1.01. The van der Waals surface area contributed by atoms with Crippen LogP contribution in [0.3, 0.4) is 0 Å². The number of carboxylic acid groups (broad SMARTS) is 3. The SMILES string of the molecule is C=C(C)[C@@H]1CC[C@]2(C(=O)O)CC[C@]3(C)[C@H](CC[C@@H]4[C@@]5(C)CCN(c6ncc(C(=O)O)cn6)C(C)(C)[C@@H]5CC[C@]43C)[C@@H]12.CC=C(C)C.[C-]#[N+]c1cnc(N2CC[C@]3(C)[C@H]4CC[C@@H]5[C@H]6[C@H](C(=C)C)CC[C@]6(C(=O)O)CC[C@@]5(C)[C@]4(C)CC[C@H]3C2(C)C)nc1.[C-]#[N+]c1cnc(N2CC[C@]3(C)[C@H]4CC[C@@H]5[C@H]6[C@H](C(=C)C)CC[C@]6(C=O)CC[C@@]5(C)[C@]4(C)CC[C@H]3C2(C)C)nc1. The van der Waals surface area contributed by atoms with Gasteiger partial charge in [-0.05, 0) is 394 Å². The summed E-state index contributed by atoms with van der Waals surface area (Å²) in [5.74, 6) is 6.97. The van der Waals surface area contributed by atoms with Crippen LogP contribution in [-0.2, 0) is 14.4 Å². The van der Waals surface area contributed by atoms with Gasteiger partial charge in [0.15, 0.2) is 0 Å². The number of hydrogen-bond donors (Lipinski definition) is 3. The normalized spacial score (nSPS) is 43.8. The second-order valence-electron chi connectivity index (χ2n) is 48.1. The molecule has 0 aromatic carbocycles. The van der Waals surface area contributed by atoms with E-state index in [0.717, 1.165) is 147 Å². The highest BCUT2D eigenvalue weighted by Crippen LogP contribution is 2.82. The Morgan fingerprint density at radius 2 is 0.680 bits per heavy atom. The van der Waals surface area contributed by atoms with Crippen molar-refractivity contribution in [3.8, 4) is 0 Å². The summed E-state index contributed by atoms with van der Waals surface area (Å²) in [4.78, 5) is 91.4. The molecular formula is C107H155N11O7. The number of carbonyl (C=O) groups excluding carboxylic acids is 1. The van der Waals surface area contributed by atoms with Crippen LogP contribution in [0, 0.1) is 167 Å². The summed E-state index contributed by atoms with van der Waals surface area (Å²) in [6.45, 7) is 80.7. The maximum atomic E-state index is 12.9. The fraction of sp³-hybridized carbons (Fsp3) is 0.757. The molecule has 3 aromatic rings. The molecule has 125 heavy (non-hydrogen) atoms. The van der Waals surface area contributed by atoms with E-state index in [-0.39, 0.29) is 88.2 Å². The Morgan fingerprint density at radius 1 is 0.384 bits per heavy atom. The first-order valence-electron chi connectivity index (χ1n) is 48.8. The van der Waals surface area contributed by atoms with Crippen LogP contribution in [0.5, 0.6) is 0 Å². The smallest absolute Gasteiger partial charge is 0.338 e. The number of aldehydes is 1. The van der Waals surface area contributed by atoms with Crippen molar-refractivity contribution in [2.24, 2.45) is 154 Å². The monoisotopic (exact) mass is 1710 g/mol. The van der Waals surface area contributed by atoms with Gasteiger partial charge in [-0.2, -0.15) is 0 Å². The molecule has 3 saturated heterocycles. The van der Waals surface area contributed by atoms with Crippen molar-refractivity contribution in [2.45, 2.75) is 335 Å². The van der Waals surface area contributed by atoms with E-state index in [2.05, 4.69) is 219 Å². The minimum Gasteiger partial charge on any atom is -0.481 e. The lowest BCUT2D eigenvalue weighted by Gasteiger charge is -2.73. The number of aromatic nitrogens is 6. The van der Waals surface area contributed by atoms with E-state index in [1.807, 2.05) is 6.92 Å². The Morgan fingerprint density at radius 3 is 0.968 bits per heavy atom. The van der Waals surface area contributed by atoms with Crippen LogP contribution >= 0.6 is 0 Å². The number of allylic oxidation sites excluding steroid dienone is 5. The Balaban J connectivity index is 0.000000141. The fourth-order valence-corrected chi connectivity index (χ4v) is 36.2. The van der Waals surface area contributed by atoms with Gasteiger partial charge in [-0.15, -0.1) is 0 Å². The van der Waals surface area contributed by atoms with Gasteiger partial charge >= 0.3 is 17.9 Å². The average Bonchev–Trinajstić information content (AvgIpc) is 1.67. The summed E-state index contributed by atoms with van der Waals surface area (Å²) in [6, 6.07) is 0. The number of carbonyl (C=O) groups is 4. The first-order chi connectivity index (χ1) is 58.5. The predicted molar refractivity (Wildman–Crippen MR) is 498 cm³/mol. The Bertz CT molecular complexity index is 4830. The molecule has 12 aliphatic carbocycles. The third-order valence-corrected chi connectivity index (χ3v) is 43.1. The molecule has 0 bridgehead atoms. The van der Waals surface area contributed by atoms with E-state index < -0.39 is 28.7 Å². The molecule has 3 aliphatic heterocycles. The van der Waals surface area contributed by atoms with Crippen molar-refractivity contribution in [1.82, 2.24) is 29.9 Å². The summed E-state index contributed by atoms with van der Waals surface area (Å²) < 4.78 is 0. The Kier molecular flexibility index (Phi) is 23.5. The zero-order valence-corrected chi connectivity index (χ0v) is 80.5. The maximum Gasteiger partial charge on any atom is 0.338 e. The van der Waals surface area contributed by atoms with Gasteiger partial charge in [0.25, 0.3) is 0 Å². The van der Waals surface area contributed by atoms with Gasteiger partial charge in [-0.3, -0.25) is 9.59 Å². The first-order valence-corrected chi connectivity index (χ1v) is 48.8. The molecular weight excluding hydrogens is 1550 g/mol. The van der Waals surface area contributed by atoms with Crippen LogP contribution in [0.25, 0.3) is 9.69 Å². The van der Waals surface area contributed by atoms with Crippen molar-refractivity contribution in [3.63, 3.8) is 0 Å². The lowest BCUT2D eigenvalue weighted by Crippen LogP contribution is -2.70. The zero-order valence-electron chi connectivity index (χ0n) is 80.5. The van der Waals surface area contributed by atoms with Gasteiger partial charge in [0, 0.05) is 78.8 Å². The van der Waals surface area contributed by atoms with Crippen molar-refractivity contribution in [1.29, 1.82) is 0 Å². The maximum absolute atomic E-state index is 12.9. The zero-order chi connectivity index (χ0) is 90.9. The highest BCUT2D eigenvalue weighted by Gasteiger charge is 2.77. The second-order valence-corrected chi connectivity index (χ2v) is 48.1. The first kappa shape index (κ1) is 92.4. The van der Waals surface area contributed by atoms with Crippen molar-refractivity contribution >= 4 is 53.4 Å². The van der Waals surface area contributed by atoms with Gasteiger partial charge in [-0.25, -0.2) is 44.4 Å². The van der Waals surface area contributed by atoms with E-state index in [4.69, 9.17) is 13.1 Å². The molecule has 18 nitrogen and oxygen atoms in total. The lowest BCUT2D eigenvalue weighted by atomic mass is 9.33. The molecule has 12 saturated carbocycles. The molecule has 6 heterocycles. The standard InChI is InChI=1S/C34H48N4O2.C34H48N4O.C34H49N3O4.C5H10/c1-21(2)23-11-14-34(28(39)40)16-15-32(6)24(27(23)34)9-10-26-31(5)17-18-38(29-36-19-22(35-8)20-37-29)30(3,4)25(31)12-13-33(26,32)7;1-22(2)24-11-14-34(21-39)16-15-32(6)25(28(24)34)9-10-27-31(5)17-18-38(29-36-19-23(35-8)20-37-29)30(3,4)26(31)12-13-33(27,32)7;1-20(2)22-10-13-34(28(40)41)15-14-32(6)23(26(22)34)8-9-25-31(5)16-17-37(29-35-18-21(19-36-29)27(38)39)30(3,4)24(31)11-12-33(25,32)7;1-4-5(2)3/h19-20,23-27H,1,9-18H2,2-7H3,(H,39,40);19-21,24-28H,1,9-18H2,2-7H3;18-19,22-26H,1,8-17H2,2-7H3,(H,38,39)(H,40,41);4H,1-3H3/t23-,24+,25-,26+,27+,31-,32+,33+,34-;24-,25+,26-,27+,28+,31-,32+,33+,34+;22-,23+,24-,25+,26+,31-,32+,33+,34-;/m000./s1. The molecule has 27 atom stereocenters. The number of carboxylic acids is 3. The number of aromatic carboxylic acids is 1. The highest BCUT2D eigenvalue weighted by atomic mass is 16.4.